The van der Waals surface area contributed by atoms with Crippen LogP contribution in [-0.2, 0) is 0 Å². The van der Waals surface area contributed by atoms with Crippen LogP contribution in [0.15, 0.2) is 22.7 Å². The summed E-state index contributed by atoms with van der Waals surface area (Å²) in [5.74, 6) is 0. The van der Waals surface area contributed by atoms with E-state index < -0.39 is 6.43 Å². The predicted molar refractivity (Wildman–Crippen MR) is 44.1 cm³/mol. The molecule has 0 amide bonds. The summed E-state index contributed by atoms with van der Waals surface area (Å²) in [6, 6.07) is 4.15. The molecule has 0 aliphatic carbocycles. The first kappa shape index (κ1) is 8.94. The lowest BCUT2D eigenvalue weighted by atomic mass is 10.2. The molecule has 0 aliphatic rings. The standard InChI is InChI=1S/C7H4BrClF2/c8-5-1-4(7(10)11)2-6(9)3-5/h1-3,7H. The van der Waals surface area contributed by atoms with Gasteiger partial charge in [-0.25, -0.2) is 8.78 Å². The summed E-state index contributed by atoms with van der Waals surface area (Å²) in [5, 5.41) is 0.315. The molecule has 60 valence electrons. The van der Waals surface area contributed by atoms with Gasteiger partial charge in [-0.2, -0.15) is 0 Å². The van der Waals surface area contributed by atoms with E-state index in [9.17, 15) is 8.78 Å². The van der Waals surface area contributed by atoms with Crippen molar-refractivity contribution in [1.29, 1.82) is 0 Å². The Morgan fingerprint density at radius 1 is 1.27 bits per heavy atom. The average molecular weight is 241 g/mol. The third-order valence-corrected chi connectivity index (χ3v) is 1.81. The molecular formula is C7H4BrClF2. The molecule has 0 saturated heterocycles. The number of rotatable bonds is 1. The topological polar surface area (TPSA) is 0 Å². The summed E-state index contributed by atoms with van der Waals surface area (Å²) in [5.41, 5.74) is -0.0654. The zero-order chi connectivity index (χ0) is 8.43. The SMILES string of the molecule is FC(F)c1cc(Cl)cc(Br)c1. The molecule has 0 unspecified atom stereocenters. The van der Waals surface area contributed by atoms with Gasteiger partial charge in [0.25, 0.3) is 6.43 Å². The highest BCUT2D eigenvalue weighted by Gasteiger charge is 2.07. The summed E-state index contributed by atoms with van der Waals surface area (Å²) in [6.07, 6.45) is -2.47. The molecule has 1 aromatic carbocycles. The van der Waals surface area contributed by atoms with Gasteiger partial charge in [0.05, 0.1) is 0 Å². The van der Waals surface area contributed by atoms with E-state index in [0.717, 1.165) is 0 Å². The van der Waals surface area contributed by atoms with Crippen LogP contribution in [0, 0.1) is 0 Å². The van der Waals surface area contributed by atoms with Gasteiger partial charge in [0.1, 0.15) is 0 Å². The Labute approximate surface area is 76.3 Å². The van der Waals surface area contributed by atoms with Crippen molar-refractivity contribution >= 4 is 27.5 Å². The number of hydrogen-bond donors (Lipinski definition) is 0. The summed E-state index contributed by atoms with van der Waals surface area (Å²) in [4.78, 5) is 0. The van der Waals surface area contributed by atoms with Crippen molar-refractivity contribution in [3.8, 4) is 0 Å². The van der Waals surface area contributed by atoms with Gasteiger partial charge in [0, 0.05) is 15.1 Å². The van der Waals surface area contributed by atoms with E-state index >= 15 is 0 Å². The molecule has 11 heavy (non-hydrogen) atoms. The molecule has 1 rings (SSSR count). The molecule has 4 heteroatoms. The zero-order valence-electron chi connectivity index (χ0n) is 5.32. The molecule has 0 aromatic heterocycles. The summed E-state index contributed by atoms with van der Waals surface area (Å²) in [7, 11) is 0. The van der Waals surface area contributed by atoms with E-state index in [2.05, 4.69) is 15.9 Å². The highest BCUT2D eigenvalue weighted by molar-refractivity contribution is 9.10. The van der Waals surface area contributed by atoms with Gasteiger partial charge in [0.2, 0.25) is 0 Å². The molecule has 0 heterocycles. The normalized spacial score (nSPS) is 10.6. The van der Waals surface area contributed by atoms with Gasteiger partial charge >= 0.3 is 0 Å². The van der Waals surface area contributed by atoms with Crippen molar-refractivity contribution in [3.63, 3.8) is 0 Å². The minimum Gasteiger partial charge on any atom is -0.205 e. The maximum atomic E-state index is 12.0. The molecule has 0 atom stereocenters. The van der Waals surface area contributed by atoms with E-state index in [1.54, 1.807) is 6.07 Å². The number of alkyl halides is 2. The third kappa shape index (κ3) is 2.42. The second-order valence-electron chi connectivity index (χ2n) is 2.00. The maximum absolute atomic E-state index is 12.0. The Balaban J connectivity index is 3.08. The minimum absolute atomic E-state index is 0.0654. The number of benzene rings is 1. The second kappa shape index (κ2) is 3.50. The Hall–Kier alpha value is -0.150. The fraction of sp³-hybridized carbons (Fsp3) is 0.143. The second-order valence-corrected chi connectivity index (χ2v) is 3.36. The van der Waals surface area contributed by atoms with Gasteiger partial charge in [-0.05, 0) is 18.2 Å². The van der Waals surface area contributed by atoms with Crippen LogP contribution in [0.2, 0.25) is 5.02 Å². The monoisotopic (exact) mass is 240 g/mol. The van der Waals surface area contributed by atoms with Crippen molar-refractivity contribution < 1.29 is 8.78 Å². The van der Waals surface area contributed by atoms with Crippen molar-refractivity contribution in [2.24, 2.45) is 0 Å². The van der Waals surface area contributed by atoms with Crippen molar-refractivity contribution in [1.82, 2.24) is 0 Å². The maximum Gasteiger partial charge on any atom is 0.263 e. The Bertz CT molecular complexity index is 242. The zero-order valence-corrected chi connectivity index (χ0v) is 7.66. The van der Waals surface area contributed by atoms with Crippen LogP contribution in [0.25, 0.3) is 0 Å². The number of halogens is 4. The van der Waals surface area contributed by atoms with Crippen LogP contribution in [-0.4, -0.2) is 0 Å². The highest BCUT2D eigenvalue weighted by Crippen LogP contribution is 2.26. The van der Waals surface area contributed by atoms with Crippen LogP contribution < -0.4 is 0 Å². The fourth-order valence-corrected chi connectivity index (χ4v) is 1.59. The Morgan fingerprint density at radius 2 is 1.91 bits per heavy atom. The Morgan fingerprint density at radius 3 is 2.36 bits per heavy atom. The molecule has 1 aromatic rings. The molecule has 0 spiro atoms. The Kier molecular flexibility index (Phi) is 2.84. The van der Waals surface area contributed by atoms with E-state index in [4.69, 9.17) is 11.6 Å². The number of hydrogen-bond acceptors (Lipinski definition) is 0. The molecule has 0 bridgehead atoms. The van der Waals surface area contributed by atoms with Crippen LogP contribution in [0.4, 0.5) is 8.78 Å². The molecule has 0 radical (unpaired) electrons. The highest BCUT2D eigenvalue weighted by atomic mass is 79.9. The first-order valence-electron chi connectivity index (χ1n) is 2.84. The van der Waals surface area contributed by atoms with Gasteiger partial charge in [-0.3, -0.25) is 0 Å². The van der Waals surface area contributed by atoms with E-state index in [1.165, 1.54) is 12.1 Å². The van der Waals surface area contributed by atoms with Gasteiger partial charge in [-0.1, -0.05) is 27.5 Å². The van der Waals surface area contributed by atoms with Crippen molar-refractivity contribution in [2.45, 2.75) is 6.43 Å². The van der Waals surface area contributed by atoms with Gasteiger partial charge < -0.3 is 0 Å². The smallest absolute Gasteiger partial charge is 0.205 e. The van der Waals surface area contributed by atoms with Gasteiger partial charge in [0.15, 0.2) is 0 Å². The van der Waals surface area contributed by atoms with E-state index in [0.29, 0.717) is 9.50 Å². The third-order valence-electron chi connectivity index (χ3n) is 1.14. The fourth-order valence-electron chi connectivity index (χ4n) is 0.701. The van der Waals surface area contributed by atoms with Crippen molar-refractivity contribution in [3.05, 3.63) is 33.3 Å². The molecular weight excluding hydrogens is 237 g/mol. The van der Waals surface area contributed by atoms with Crippen LogP contribution in [0.5, 0.6) is 0 Å². The lowest BCUT2D eigenvalue weighted by Crippen LogP contribution is -1.83. The first-order valence-corrected chi connectivity index (χ1v) is 4.01. The largest absolute Gasteiger partial charge is 0.263 e. The van der Waals surface area contributed by atoms with E-state index in [1.807, 2.05) is 0 Å². The van der Waals surface area contributed by atoms with Gasteiger partial charge in [-0.15, -0.1) is 0 Å². The summed E-state index contributed by atoms with van der Waals surface area (Å²) >= 11 is 8.59. The molecule has 0 nitrogen and oxygen atoms in total. The van der Waals surface area contributed by atoms with Crippen LogP contribution >= 0.6 is 27.5 Å². The minimum atomic E-state index is -2.47. The van der Waals surface area contributed by atoms with E-state index in [-0.39, 0.29) is 5.56 Å². The predicted octanol–water partition coefficient (Wildman–Crippen LogP) is 4.04. The first-order chi connectivity index (χ1) is 5.09. The lowest BCUT2D eigenvalue weighted by Gasteiger charge is -2.00. The average Bonchev–Trinajstić information content (AvgIpc) is 1.85. The van der Waals surface area contributed by atoms with Crippen molar-refractivity contribution in [2.75, 3.05) is 0 Å². The molecule has 0 fully saturated rings. The molecule has 0 aliphatic heterocycles. The molecule has 0 N–H and O–H groups in total. The van der Waals surface area contributed by atoms with Crippen LogP contribution in [0.3, 0.4) is 0 Å². The molecule has 0 saturated carbocycles. The quantitative estimate of drug-likeness (QED) is 0.696. The van der Waals surface area contributed by atoms with Crippen LogP contribution in [0.1, 0.15) is 12.0 Å². The lowest BCUT2D eigenvalue weighted by molar-refractivity contribution is 0.151. The summed E-state index contributed by atoms with van der Waals surface area (Å²) < 4.78 is 24.7. The summed E-state index contributed by atoms with van der Waals surface area (Å²) in [6.45, 7) is 0.